The van der Waals surface area contributed by atoms with E-state index in [1.165, 1.54) is 12.1 Å². The van der Waals surface area contributed by atoms with Crippen molar-refractivity contribution in [3.63, 3.8) is 0 Å². The summed E-state index contributed by atoms with van der Waals surface area (Å²) < 4.78 is 21.4. The van der Waals surface area contributed by atoms with Crippen LogP contribution in [-0.4, -0.2) is 29.1 Å². The lowest BCUT2D eigenvalue weighted by Crippen LogP contribution is -2.24. The Bertz CT molecular complexity index is 1270. The van der Waals surface area contributed by atoms with Crippen molar-refractivity contribution in [1.29, 1.82) is 0 Å². The highest BCUT2D eigenvalue weighted by atomic mass is 19.1. The summed E-state index contributed by atoms with van der Waals surface area (Å²) in [6.45, 7) is 1.06. The number of hydrogen-bond acceptors (Lipinski definition) is 3. The van der Waals surface area contributed by atoms with Crippen molar-refractivity contribution < 1.29 is 13.9 Å². The number of hydrogen-bond donors (Lipinski definition) is 0. The van der Waals surface area contributed by atoms with Crippen LogP contribution in [0.5, 0.6) is 5.75 Å². The van der Waals surface area contributed by atoms with Crippen LogP contribution in [0.25, 0.3) is 11.0 Å². The number of aromatic nitrogens is 2. The summed E-state index contributed by atoms with van der Waals surface area (Å²) in [6, 6.07) is 22.1. The predicted molar refractivity (Wildman–Crippen MR) is 118 cm³/mol. The maximum absolute atomic E-state index is 13.7. The molecule has 0 radical (unpaired) electrons. The van der Waals surface area contributed by atoms with Gasteiger partial charge in [-0.25, -0.2) is 9.37 Å². The van der Waals surface area contributed by atoms with Crippen LogP contribution in [0.2, 0.25) is 0 Å². The molecule has 2 heterocycles. The third kappa shape index (κ3) is 3.54. The summed E-state index contributed by atoms with van der Waals surface area (Å²) in [5.41, 5.74) is 3.53. The number of fused-ring (bicyclic) bond motifs is 1. The molecule has 1 atom stereocenters. The van der Waals surface area contributed by atoms with Gasteiger partial charge in [-0.05, 0) is 36.4 Å². The van der Waals surface area contributed by atoms with E-state index < -0.39 is 0 Å². The van der Waals surface area contributed by atoms with Crippen molar-refractivity contribution in [2.24, 2.45) is 0 Å². The number of carbonyl (C=O) groups is 1. The van der Waals surface area contributed by atoms with Gasteiger partial charge in [-0.1, -0.05) is 36.4 Å². The molecule has 0 spiro atoms. The second kappa shape index (κ2) is 7.87. The van der Waals surface area contributed by atoms with Crippen molar-refractivity contribution in [3.05, 3.63) is 90.0 Å². The van der Waals surface area contributed by atoms with E-state index in [1.807, 2.05) is 48.5 Å². The Balaban J connectivity index is 1.54. The number of ether oxygens (including phenoxy) is 1. The van der Waals surface area contributed by atoms with Gasteiger partial charge in [0.25, 0.3) is 0 Å². The Hall–Kier alpha value is -3.67. The highest BCUT2D eigenvalue weighted by Gasteiger charge is 2.35. The van der Waals surface area contributed by atoms with Gasteiger partial charge in [-0.3, -0.25) is 4.79 Å². The number of methoxy groups -OCH3 is 1. The number of benzene rings is 3. The van der Waals surface area contributed by atoms with E-state index in [2.05, 4.69) is 4.57 Å². The first-order chi connectivity index (χ1) is 15.1. The second-order valence-corrected chi connectivity index (χ2v) is 7.74. The zero-order valence-corrected chi connectivity index (χ0v) is 17.2. The van der Waals surface area contributed by atoms with Gasteiger partial charge in [0.05, 0.1) is 24.7 Å². The molecule has 1 aromatic heterocycles. The van der Waals surface area contributed by atoms with Gasteiger partial charge in [0.15, 0.2) is 0 Å². The molecule has 1 unspecified atom stereocenters. The molecule has 4 aromatic rings. The molecule has 6 heteroatoms. The second-order valence-electron chi connectivity index (χ2n) is 7.74. The predicted octanol–water partition coefficient (Wildman–Crippen LogP) is 4.75. The molecule has 31 heavy (non-hydrogen) atoms. The van der Waals surface area contributed by atoms with E-state index in [9.17, 15) is 9.18 Å². The standard InChI is InChI=1S/C25H22FN3O2/c1-31-23-12-5-2-7-17(23)15-29-22-11-4-3-10-21(22)27-25(29)18-13-24(30)28(16-18)20-9-6-8-19(26)14-20/h2-12,14,18H,13,15-16H2,1H3. The number of carbonyl (C=O) groups excluding carboxylic acids is 1. The molecule has 1 saturated heterocycles. The molecular formula is C25H22FN3O2. The van der Waals surface area contributed by atoms with E-state index in [0.29, 0.717) is 25.2 Å². The van der Waals surface area contributed by atoms with Crippen LogP contribution < -0.4 is 9.64 Å². The quantitative estimate of drug-likeness (QED) is 0.473. The van der Waals surface area contributed by atoms with Crippen LogP contribution in [0.4, 0.5) is 10.1 Å². The van der Waals surface area contributed by atoms with Crippen molar-refractivity contribution in [2.45, 2.75) is 18.9 Å². The zero-order chi connectivity index (χ0) is 21.4. The summed E-state index contributed by atoms with van der Waals surface area (Å²) in [7, 11) is 1.66. The Labute approximate surface area is 179 Å². The Kier molecular flexibility index (Phi) is 4.90. The molecule has 3 aromatic carbocycles. The fraction of sp³-hybridized carbons (Fsp3) is 0.200. The van der Waals surface area contributed by atoms with E-state index in [-0.39, 0.29) is 17.6 Å². The minimum absolute atomic E-state index is 0.0218. The average molecular weight is 415 g/mol. The Morgan fingerprint density at radius 2 is 1.87 bits per heavy atom. The first-order valence-electron chi connectivity index (χ1n) is 10.3. The van der Waals surface area contributed by atoms with Crippen LogP contribution in [-0.2, 0) is 11.3 Å². The van der Waals surface area contributed by atoms with Crippen molar-refractivity contribution in [2.75, 3.05) is 18.6 Å². The topological polar surface area (TPSA) is 47.4 Å². The lowest BCUT2D eigenvalue weighted by atomic mass is 10.1. The van der Waals surface area contributed by atoms with Gasteiger partial charge in [0.2, 0.25) is 5.91 Å². The molecule has 5 rings (SSSR count). The van der Waals surface area contributed by atoms with Crippen LogP contribution in [0, 0.1) is 5.82 Å². The highest BCUT2D eigenvalue weighted by molar-refractivity contribution is 5.96. The Morgan fingerprint density at radius 3 is 2.71 bits per heavy atom. The van der Waals surface area contributed by atoms with Gasteiger partial charge in [-0.2, -0.15) is 0 Å². The average Bonchev–Trinajstić information content (AvgIpc) is 3.35. The summed E-state index contributed by atoms with van der Waals surface area (Å²) in [4.78, 5) is 19.4. The monoisotopic (exact) mass is 415 g/mol. The maximum atomic E-state index is 13.7. The molecule has 0 aliphatic carbocycles. The SMILES string of the molecule is COc1ccccc1Cn1c(C2CC(=O)N(c3cccc(F)c3)C2)nc2ccccc21. The summed E-state index contributed by atoms with van der Waals surface area (Å²) >= 11 is 0. The molecule has 0 bridgehead atoms. The third-order valence-corrected chi connectivity index (χ3v) is 5.82. The molecule has 1 aliphatic rings. The van der Waals surface area contributed by atoms with E-state index in [1.54, 1.807) is 24.1 Å². The molecule has 1 aliphatic heterocycles. The smallest absolute Gasteiger partial charge is 0.227 e. The van der Waals surface area contributed by atoms with E-state index in [0.717, 1.165) is 28.2 Å². The lowest BCUT2D eigenvalue weighted by molar-refractivity contribution is -0.117. The van der Waals surface area contributed by atoms with Crippen LogP contribution in [0.3, 0.4) is 0 Å². The molecule has 156 valence electrons. The molecule has 0 saturated carbocycles. The molecular weight excluding hydrogens is 393 g/mol. The fourth-order valence-electron chi connectivity index (χ4n) is 4.35. The van der Waals surface area contributed by atoms with Crippen molar-refractivity contribution in [3.8, 4) is 5.75 Å². The highest BCUT2D eigenvalue weighted by Crippen LogP contribution is 2.34. The number of imidazole rings is 1. The lowest BCUT2D eigenvalue weighted by Gasteiger charge is -2.18. The first-order valence-corrected chi connectivity index (χ1v) is 10.3. The molecule has 1 fully saturated rings. The zero-order valence-electron chi connectivity index (χ0n) is 17.2. The van der Waals surface area contributed by atoms with Gasteiger partial charge in [0.1, 0.15) is 17.4 Å². The van der Waals surface area contributed by atoms with Gasteiger partial charge in [0, 0.05) is 30.1 Å². The van der Waals surface area contributed by atoms with Crippen LogP contribution in [0.15, 0.2) is 72.8 Å². The summed E-state index contributed by atoms with van der Waals surface area (Å²) in [5.74, 6) is 1.22. The normalized spacial score (nSPS) is 16.3. The van der Waals surface area contributed by atoms with Gasteiger partial charge in [-0.15, -0.1) is 0 Å². The van der Waals surface area contributed by atoms with E-state index in [4.69, 9.17) is 9.72 Å². The fourth-order valence-corrected chi connectivity index (χ4v) is 4.35. The summed E-state index contributed by atoms with van der Waals surface area (Å²) in [5, 5.41) is 0. The Morgan fingerprint density at radius 1 is 1.06 bits per heavy atom. The van der Waals surface area contributed by atoms with Crippen LogP contribution in [0.1, 0.15) is 23.7 Å². The first kappa shape index (κ1) is 19.3. The summed E-state index contributed by atoms with van der Waals surface area (Å²) in [6.07, 6.45) is 0.339. The number of anilines is 1. The van der Waals surface area contributed by atoms with Gasteiger partial charge < -0.3 is 14.2 Å². The molecule has 1 amide bonds. The van der Waals surface area contributed by atoms with Crippen molar-refractivity contribution in [1.82, 2.24) is 9.55 Å². The van der Waals surface area contributed by atoms with Gasteiger partial charge >= 0.3 is 0 Å². The van der Waals surface area contributed by atoms with E-state index >= 15 is 0 Å². The third-order valence-electron chi connectivity index (χ3n) is 5.82. The number of nitrogens with zero attached hydrogens (tertiary/aromatic N) is 3. The number of halogens is 1. The minimum Gasteiger partial charge on any atom is -0.496 e. The molecule has 5 nitrogen and oxygen atoms in total. The maximum Gasteiger partial charge on any atom is 0.227 e. The largest absolute Gasteiger partial charge is 0.496 e. The van der Waals surface area contributed by atoms with Crippen LogP contribution >= 0.6 is 0 Å². The minimum atomic E-state index is -0.350. The number of amides is 1. The number of para-hydroxylation sites is 3. The van der Waals surface area contributed by atoms with Crippen molar-refractivity contribution >= 4 is 22.6 Å². The number of rotatable bonds is 5. The molecule has 0 N–H and O–H groups in total.